The fraction of sp³-hybridized carbons (Fsp3) is 0.375. The van der Waals surface area contributed by atoms with Gasteiger partial charge in [0.1, 0.15) is 0 Å². The minimum atomic E-state index is -0.293. The molecule has 0 aliphatic carbocycles. The Labute approximate surface area is 215 Å². The molecule has 4 rings (SSSR count). The summed E-state index contributed by atoms with van der Waals surface area (Å²) >= 11 is 0. The summed E-state index contributed by atoms with van der Waals surface area (Å²) in [6, 6.07) is 25.5. The molecule has 1 heterocycles. The normalized spacial score (nSPS) is 20.4. The molecule has 36 heavy (non-hydrogen) atoms. The van der Waals surface area contributed by atoms with Gasteiger partial charge in [-0.1, -0.05) is 78.9 Å². The molecular formula is C32H38N2O2. The summed E-state index contributed by atoms with van der Waals surface area (Å²) in [6.07, 6.45) is 1.000. The van der Waals surface area contributed by atoms with Gasteiger partial charge in [0.15, 0.2) is 11.6 Å². The molecule has 1 saturated heterocycles. The van der Waals surface area contributed by atoms with Crippen LogP contribution in [0.15, 0.2) is 78.9 Å². The Kier molecular flexibility index (Phi) is 8.50. The van der Waals surface area contributed by atoms with Crippen LogP contribution in [0.1, 0.15) is 49.7 Å². The van der Waals surface area contributed by atoms with Crippen molar-refractivity contribution < 1.29 is 9.59 Å². The minimum Gasteiger partial charge on any atom is -0.309 e. The third kappa shape index (κ3) is 5.83. The van der Waals surface area contributed by atoms with Crippen LogP contribution in [0.5, 0.6) is 0 Å². The Hall–Kier alpha value is -3.08. The zero-order valence-electron chi connectivity index (χ0n) is 22.0. The van der Waals surface area contributed by atoms with Gasteiger partial charge >= 0.3 is 0 Å². The van der Waals surface area contributed by atoms with E-state index < -0.39 is 0 Å². The van der Waals surface area contributed by atoms with E-state index in [9.17, 15) is 9.59 Å². The molecule has 3 aromatic rings. The van der Waals surface area contributed by atoms with Crippen molar-refractivity contribution >= 4 is 11.6 Å². The number of carbonyl (C=O) groups excluding carboxylic acids is 2. The Morgan fingerprint density at radius 1 is 0.778 bits per heavy atom. The molecule has 0 bridgehead atoms. The van der Waals surface area contributed by atoms with Crippen LogP contribution in [-0.2, 0) is 0 Å². The monoisotopic (exact) mass is 482 g/mol. The standard InChI is InChI=1S/C32H38N2O2/c1-23-13-11-18-27(24(23)2)30-28(31(35)25-14-7-5-8-15-25)21-34(20-12-19-33(3)4)22-29(30)32(36)26-16-9-6-10-17-26/h5-11,13-18,28-30H,12,19-22H2,1-4H3. The Morgan fingerprint density at radius 2 is 1.31 bits per heavy atom. The first-order valence-electron chi connectivity index (χ1n) is 13.0. The summed E-state index contributed by atoms with van der Waals surface area (Å²) in [5, 5.41) is 0. The van der Waals surface area contributed by atoms with E-state index in [1.165, 1.54) is 11.1 Å². The first kappa shape index (κ1) is 26.0. The number of ketones is 2. The first-order valence-corrected chi connectivity index (χ1v) is 13.0. The number of rotatable bonds is 9. The zero-order chi connectivity index (χ0) is 25.7. The van der Waals surface area contributed by atoms with Gasteiger partial charge in [-0.3, -0.25) is 9.59 Å². The van der Waals surface area contributed by atoms with Crippen LogP contribution in [-0.4, -0.2) is 61.6 Å². The van der Waals surface area contributed by atoms with Gasteiger partial charge in [-0.15, -0.1) is 0 Å². The SMILES string of the molecule is Cc1cccc(C2C(C(=O)c3ccccc3)CN(CCCN(C)C)CC2C(=O)c2ccccc2)c1C. The van der Waals surface area contributed by atoms with Crippen LogP contribution in [0.25, 0.3) is 0 Å². The van der Waals surface area contributed by atoms with Crippen molar-refractivity contribution in [1.29, 1.82) is 0 Å². The number of Topliss-reactive ketones (excluding diaryl/α,β-unsaturated/α-hetero) is 2. The number of carbonyl (C=O) groups is 2. The maximum atomic E-state index is 14.1. The van der Waals surface area contributed by atoms with Crippen LogP contribution < -0.4 is 0 Å². The lowest BCUT2D eigenvalue weighted by Crippen LogP contribution is -2.51. The maximum absolute atomic E-state index is 14.1. The molecule has 188 valence electrons. The second-order valence-corrected chi connectivity index (χ2v) is 10.4. The van der Waals surface area contributed by atoms with Gasteiger partial charge in [-0.2, -0.15) is 0 Å². The quantitative estimate of drug-likeness (QED) is 0.370. The summed E-state index contributed by atoms with van der Waals surface area (Å²) in [4.78, 5) is 32.7. The molecule has 0 spiro atoms. The van der Waals surface area contributed by atoms with Crippen LogP contribution in [0.3, 0.4) is 0 Å². The third-order valence-electron chi connectivity index (χ3n) is 7.65. The van der Waals surface area contributed by atoms with Gasteiger partial charge in [0.25, 0.3) is 0 Å². The largest absolute Gasteiger partial charge is 0.309 e. The van der Waals surface area contributed by atoms with Crippen molar-refractivity contribution in [2.24, 2.45) is 11.8 Å². The highest BCUT2D eigenvalue weighted by molar-refractivity contribution is 6.02. The molecule has 1 fully saturated rings. The summed E-state index contributed by atoms with van der Waals surface area (Å²) in [7, 11) is 4.16. The Morgan fingerprint density at radius 3 is 1.81 bits per heavy atom. The van der Waals surface area contributed by atoms with E-state index in [1.807, 2.05) is 60.7 Å². The lowest BCUT2D eigenvalue weighted by Gasteiger charge is -2.44. The van der Waals surface area contributed by atoms with Gasteiger partial charge in [0, 0.05) is 42.0 Å². The second kappa shape index (κ2) is 11.8. The van der Waals surface area contributed by atoms with E-state index in [2.05, 4.69) is 55.9 Å². The van der Waals surface area contributed by atoms with Gasteiger partial charge < -0.3 is 9.80 Å². The van der Waals surface area contributed by atoms with Crippen molar-refractivity contribution in [3.8, 4) is 0 Å². The van der Waals surface area contributed by atoms with Crippen molar-refractivity contribution in [2.45, 2.75) is 26.2 Å². The molecule has 0 saturated carbocycles. The predicted molar refractivity (Wildman–Crippen MR) is 147 cm³/mol. The highest BCUT2D eigenvalue weighted by Gasteiger charge is 2.45. The molecule has 4 nitrogen and oxygen atoms in total. The summed E-state index contributed by atoms with van der Waals surface area (Å²) in [5.74, 6) is -0.498. The van der Waals surface area contributed by atoms with Gasteiger partial charge in [0.05, 0.1) is 0 Å². The molecular weight excluding hydrogens is 444 g/mol. The molecule has 1 aliphatic heterocycles. The number of likely N-dealkylation sites (tertiary alicyclic amines) is 1. The number of aryl methyl sites for hydroxylation is 1. The average Bonchev–Trinajstić information content (AvgIpc) is 2.90. The fourth-order valence-corrected chi connectivity index (χ4v) is 5.62. The molecule has 4 heteroatoms. The average molecular weight is 483 g/mol. The Bertz CT molecular complexity index is 1110. The number of nitrogens with zero attached hydrogens (tertiary/aromatic N) is 2. The van der Waals surface area contributed by atoms with Crippen LogP contribution >= 0.6 is 0 Å². The molecule has 0 aromatic heterocycles. The van der Waals surface area contributed by atoms with E-state index in [0.717, 1.165) is 36.2 Å². The molecule has 3 aromatic carbocycles. The third-order valence-corrected chi connectivity index (χ3v) is 7.65. The second-order valence-electron chi connectivity index (χ2n) is 10.4. The van der Waals surface area contributed by atoms with Crippen molar-refractivity contribution in [2.75, 3.05) is 40.3 Å². The summed E-state index contributed by atoms with van der Waals surface area (Å²) in [6.45, 7) is 7.41. The van der Waals surface area contributed by atoms with E-state index in [1.54, 1.807) is 0 Å². The number of hydrogen-bond acceptors (Lipinski definition) is 4. The summed E-state index contributed by atoms with van der Waals surface area (Å²) in [5.41, 5.74) is 4.95. The topological polar surface area (TPSA) is 40.6 Å². The van der Waals surface area contributed by atoms with Crippen molar-refractivity contribution in [3.05, 3.63) is 107 Å². The van der Waals surface area contributed by atoms with E-state index in [4.69, 9.17) is 0 Å². The van der Waals surface area contributed by atoms with Crippen molar-refractivity contribution in [3.63, 3.8) is 0 Å². The van der Waals surface area contributed by atoms with Gasteiger partial charge in [0.2, 0.25) is 0 Å². The number of piperidine rings is 1. The fourth-order valence-electron chi connectivity index (χ4n) is 5.62. The highest BCUT2D eigenvalue weighted by Crippen LogP contribution is 2.42. The maximum Gasteiger partial charge on any atom is 0.167 e. The first-order chi connectivity index (χ1) is 17.4. The van der Waals surface area contributed by atoms with Gasteiger partial charge in [-0.25, -0.2) is 0 Å². The molecule has 0 radical (unpaired) electrons. The molecule has 1 aliphatic rings. The molecule has 0 amide bonds. The minimum absolute atomic E-state index is 0.129. The number of benzene rings is 3. The van der Waals surface area contributed by atoms with Gasteiger partial charge in [-0.05, 0) is 64.1 Å². The lowest BCUT2D eigenvalue weighted by molar-refractivity contribution is 0.0566. The van der Waals surface area contributed by atoms with Crippen LogP contribution in [0.2, 0.25) is 0 Å². The molecule has 0 N–H and O–H groups in total. The lowest BCUT2D eigenvalue weighted by atomic mass is 9.67. The predicted octanol–water partition coefficient (Wildman–Crippen LogP) is 5.65. The smallest absolute Gasteiger partial charge is 0.167 e. The van der Waals surface area contributed by atoms with Crippen LogP contribution in [0, 0.1) is 25.7 Å². The van der Waals surface area contributed by atoms with Crippen LogP contribution in [0.4, 0.5) is 0 Å². The van der Waals surface area contributed by atoms with E-state index in [-0.39, 0.29) is 29.3 Å². The Balaban J connectivity index is 1.79. The zero-order valence-corrected chi connectivity index (χ0v) is 22.0. The summed E-state index contributed by atoms with van der Waals surface area (Å²) < 4.78 is 0. The van der Waals surface area contributed by atoms with E-state index >= 15 is 0 Å². The number of hydrogen-bond donors (Lipinski definition) is 0. The molecule has 2 atom stereocenters. The molecule has 2 unspecified atom stereocenters. The highest BCUT2D eigenvalue weighted by atomic mass is 16.1. The van der Waals surface area contributed by atoms with Crippen molar-refractivity contribution in [1.82, 2.24) is 9.80 Å². The van der Waals surface area contributed by atoms with E-state index in [0.29, 0.717) is 13.1 Å².